The molecule has 1 heterocycles. The minimum absolute atomic E-state index is 0.528. The number of hydrogen-bond acceptors (Lipinski definition) is 2. The van der Waals surface area contributed by atoms with E-state index in [1.54, 1.807) is 11.3 Å². The van der Waals surface area contributed by atoms with Gasteiger partial charge in [-0.05, 0) is 41.7 Å². The van der Waals surface area contributed by atoms with Gasteiger partial charge in [-0.2, -0.15) is 11.3 Å². The Morgan fingerprint density at radius 1 is 1.58 bits per heavy atom. The summed E-state index contributed by atoms with van der Waals surface area (Å²) >= 11 is 1.63. The largest absolute Gasteiger partial charge is 0.385 e. The zero-order valence-corrected chi connectivity index (χ0v) is 8.69. The molecule has 0 bridgehead atoms. The monoisotopic (exact) mass is 184 g/mol. The standard InChI is InChI=1S/C10H16OS/c1-8(2)6-10(3,11)9-4-5-12-7-9/h4-5,7-8,11H,6H2,1-3H3. The van der Waals surface area contributed by atoms with Crippen molar-refractivity contribution in [2.75, 3.05) is 0 Å². The fraction of sp³-hybridized carbons (Fsp3) is 0.600. The van der Waals surface area contributed by atoms with Crippen molar-refractivity contribution in [3.05, 3.63) is 22.4 Å². The summed E-state index contributed by atoms with van der Waals surface area (Å²) < 4.78 is 0. The molecule has 0 aliphatic rings. The molecule has 0 spiro atoms. The first kappa shape index (κ1) is 9.75. The van der Waals surface area contributed by atoms with Crippen molar-refractivity contribution < 1.29 is 5.11 Å². The Balaban J connectivity index is 2.72. The summed E-state index contributed by atoms with van der Waals surface area (Å²) in [7, 11) is 0. The van der Waals surface area contributed by atoms with Crippen molar-refractivity contribution in [2.24, 2.45) is 5.92 Å². The van der Waals surface area contributed by atoms with Crippen LogP contribution in [0.15, 0.2) is 16.8 Å². The van der Waals surface area contributed by atoms with Gasteiger partial charge in [-0.25, -0.2) is 0 Å². The van der Waals surface area contributed by atoms with Gasteiger partial charge in [0.05, 0.1) is 5.60 Å². The predicted molar refractivity (Wildman–Crippen MR) is 53.3 cm³/mol. The minimum Gasteiger partial charge on any atom is -0.385 e. The molecule has 12 heavy (non-hydrogen) atoms. The van der Waals surface area contributed by atoms with Crippen molar-refractivity contribution in [1.82, 2.24) is 0 Å². The highest BCUT2D eigenvalue weighted by Gasteiger charge is 2.24. The molecule has 1 aromatic heterocycles. The third kappa shape index (κ3) is 2.32. The lowest BCUT2D eigenvalue weighted by Crippen LogP contribution is -2.22. The third-order valence-corrected chi connectivity index (χ3v) is 2.63. The van der Waals surface area contributed by atoms with E-state index in [2.05, 4.69) is 13.8 Å². The highest BCUT2D eigenvalue weighted by Crippen LogP contribution is 2.29. The highest BCUT2D eigenvalue weighted by molar-refractivity contribution is 7.08. The van der Waals surface area contributed by atoms with Crippen LogP contribution in [0.3, 0.4) is 0 Å². The van der Waals surface area contributed by atoms with Crippen LogP contribution >= 0.6 is 11.3 Å². The smallest absolute Gasteiger partial charge is 0.0879 e. The first-order valence-electron chi connectivity index (χ1n) is 4.27. The molecule has 0 saturated heterocycles. The van der Waals surface area contributed by atoms with E-state index in [0.29, 0.717) is 5.92 Å². The number of thiophene rings is 1. The number of hydrogen-bond donors (Lipinski definition) is 1. The van der Waals surface area contributed by atoms with Crippen LogP contribution in [-0.4, -0.2) is 5.11 Å². The van der Waals surface area contributed by atoms with Crippen LogP contribution in [-0.2, 0) is 5.60 Å². The van der Waals surface area contributed by atoms with E-state index in [0.717, 1.165) is 12.0 Å². The maximum Gasteiger partial charge on any atom is 0.0879 e. The van der Waals surface area contributed by atoms with E-state index in [9.17, 15) is 5.11 Å². The minimum atomic E-state index is -0.645. The molecule has 0 saturated carbocycles. The summed E-state index contributed by atoms with van der Waals surface area (Å²) in [6, 6.07) is 1.99. The lowest BCUT2D eigenvalue weighted by atomic mass is 9.89. The second kappa shape index (κ2) is 3.58. The van der Waals surface area contributed by atoms with Crippen molar-refractivity contribution in [2.45, 2.75) is 32.8 Å². The fourth-order valence-electron chi connectivity index (χ4n) is 1.48. The third-order valence-electron chi connectivity index (χ3n) is 1.95. The van der Waals surface area contributed by atoms with Crippen LogP contribution in [0.4, 0.5) is 0 Å². The quantitative estimate of drug-likeness (QED) is 0.765. The molecule has 0 radical (unpaired) electrons. The van der Waals surface area contributed by atoms with Gasteiger partial charge in [-0.1, -0.05) is 13.8 Å². The number of aliphatic hydroxyl groups is 1. The Morgan fingerprint density at radius 3 is 2.67 bits per heavy atom. The van der Waals surface area contributed by atoms with E-state index >= 15 is 0 Å². The zero-order valence-electron chi connectivity index (χ0n) is 7.87. The lowest BCUT2D eigenvalue weighted by molar-refractivity contribution is 0.0353. The number of rotatable bonds is 3. The van der Waals surface area contributed by atoms with Crippen molar-refractivity contribution in [1.29, 1.82) is 0 Å². The summed E-state index contributed by atoms with van der Waals surface area (Å²) in [5.74, 6) is 0.528. The van der Waals surface area contributed by atoms with Gasteiger partial charge in [-0.3, -0.25) is 0 Å². The second-order valence-electron chi connectivity index (χ2n) is 3.88. The summed E-state index contributed by atoms with van der Waals surface area (Å²) in [6.45, 7) is 6.14. The maximum absolute atomic E-state index is 10.1. The molecule has 0 aliphatic carbocycles. The molecular weight excluding hydrogens is 168 g/mol. The molecule has 0 aromatic carbocycles. The predicted octanol–water partition coefficient (Wildman–Crippen LogP) is 3.00. The Labute approximate surface area is 78.1 Å². The molecule has 0 fully saturated rings. The van der Waals surface area contributed by atoms with Gasteiger partial charge in [-0.15, -0.1) is 0 Å². The van der Waals surface area contributed by atoms with Gasteiger partial charge in [0, 0.05) is 0 Å². The van der Waals surface area contributed by atoms with Gasteiger partial charge < -0.3 is 5.11 Å². The van der Waals surface area contributed by atoms with Crippen molar-refractivity contribution in [3.8, 4) is 0 Å². The van der Waals surface area contributed by atoms with Gasteiger partial charge >= 0.3 is 0 Å². The van der Waals surface area contributed by atoms with E-state index in [-0.39, 0.29) is 0 Å². The second-order valence-corrected chi connectivity index (χ2v) is 4.66. The van der Waals surface area contributed by atoms with Crippen LogP contribution in [0.2, 0.25) is 0 Å². The van der Waals surface area contributed by atoms with E-state index in [4.69, 9.17) is 0 Å². The molecule has 0 amide bonds. The van der Waals surface area contributed by atoms with E-state index < -0.39 is 5.60 Å². The summed E-state index contributed by atoms with van der Waals surface area (Å²) in [4.78, 5) is 0. The Hall–Kier alpha value is -0.340. The average Bonchev–Trinajstić information content (AvgIpc) is 2.32. The van der Waals surface area contributed by atoms with Crippen LogP contribution in [0, 0.1) is 5.92 Å². The molecule has 0 aliphatic heterocycles. The first-order chi connectivity index (χ1) is 5.52. The summed E-state index contributed by atoms with van der Waals surface area (Å²) in [5.41, 5.74) is 0.398. The van der Waals surface area contributed by atoms with Crippen molar-refractivity contribution >= 4 is 11.3 Å². The molecule has 68 valence electrons. The Morgan fingerprint density at radius 2 is 2.25 bits per heavy atom. The van der Waals surface area contributed by atoms with Gasteiger partial charge in [0.15, 0.2) is 0 Å². The lowest BCUT2D eigenvalue weighted by Gasteiger charge is -2.24. The van der Waals surface area contributed by atoms with Gasteiger partial charge in [0.1, 0.15) is 0 Å². The summed E-state index contributed by atoms with van der Waals surface area (Å²) in [6.07, 6.45) is 0.823. The van der Waals surface area contributed by atoms with E-state index in [1.165, 1.54) is 0 Å². The molecule has 1 unspecified atom stereocenters. The molecular formula is C10H16OS. The molecule has 1 N–H and O–H groups in total. The fourth-order valence-corrected chi connectivity index (χ4v) is 2.27. The molecule has 1 rings (SSSR count). The van der Waals surface area contributed by atoms with Crippen LogP contribution < -0.4 is 0 Å². The first-order valence-corrected chi connectivity index (χ1v) is 5.22. The molecule has 2 heteroatoms. The Bertz CT molecular complexity index is 224. The molecule has 1 atom stereocenters. The topological polar surface area (TPSA) is 20.2 Å². The highest BCUT2D eigenvalue weighted by atomic mass is 32.1. The SMILES string of the molecule is CC(C)CC(C)(O)c1ccsc1. The van der Waals surface area contributed by atoms with Gasteiger partial charge in [0.2, 0.25) is 0 Å². The average molecular weight is 184 g/mol. The van der Waals surface area contributed by atoms with E-state index in [1.807, 2.05) is 23.8 Å². The van der Waals surface area contributed by atoms with Crippen LogP contribution in [0.1, 0.15) is 32.8 Å². The maximum atomic E-state index is 10.1. The van der Waals surface area contributed by atoms with Crippen molar-refractivity contribution in [3.63, 3.8) is 0 Å². The normalized spacial score (nSPS) is 16.4. The van der Waals surface area contributed by atoms with Gasteiger partial charge in [0.25, 0.3) is 0 Å². The van der Waals surface area contributed by atoms with Crippen LogP contribution in [0.5, 0.6) is 0 Å². The summed E-state index contributed by atoms with van der Waals surface area (Å²) in [5, 5.41) is 14.1. The van der Waals surface area contributed by atoms with Crippen LogP contribution in [0.25, 0.3) is 0 Å². The molecule has 1 nitrogen and oxygen atoms in total. The Kier molecular flexibility index (Phi) is 2.91. The molecule has 1 aromatic rings. The zero-order chi connectivity index (χ0) is 9.19.